The number of ether oxygens (including phenoxy) is 1. The molecule has 6 heteroatoms. The molecule has 0 atom stereocenters. The molecule has 100 valence electrons. The summed E-state index contributed by atoms with van der Waals surface area (Å²) < 4.78 is 5.59. The second kappa shape index (κ2) is 6.84. The van der Waals surface area contributed by atoms with Gasteiger partial charge in [-0.3, -0.25) is 10.1 Å². The van der Waals surface area contributed by atoms with Gasteiger partial charge in [0.15, 0.2) is 0 Å². The standard InChI is InChI=1S/C13H12BrNO4/c1-9(2)13(16)19-8-11(14)7-10-3-5-12(6-4-10)15(17)18/h3-7H,1,8H2,2H3. The summed E-state index contributed by atoms with van der Waals surface area (Å²) in [6.07, 6.45) is 1.72. The molecule has 0 aliphatic carbocycles. The van der Waals surface area contributed by atoms with Gasteiger partial charge in [0.05, 0.1) is 4.92 Å². The minimum Gasteiger partial charge on any atom is -0.457 e. The van der Waals surface area contributed by atoms with E-state index in [2.05, 4.69) is 22.5 Å². The van der Waals surface area contributed by atoms with Gasteiger partial charge in [-0.25, -0.2) is 4.79 Å². The number of nitro benzene ring substituents is 1. The molecule has 0 heterocycles. The fourth-order valence-corrected chi connectivity index (χ4v) is 1.55. The molecule has 1 aromatic rings. The second-order valence-electron chi connectivity index (χ2n) is 3.80. The number of carbonyl (C=O) groups excluding carboxylic acids is 1. The Hall–Kier alpha value is -1.95. The number of nitrogens with zero attached hydrogens (tertiary/aromatic N) is 1. The lowest BCUT2D eigenvalue weighted by atomic mass is 10.2. The molecular formula is C13H12BrNO4. The monoisotopic (exact) mass is 325 g/mol. The number of esters is 1. The van der Waals surface area contributed by atoms with Crippen molar-refractivity contribution in [1.82, 2.24) is 0 Å². The molecule has 0 radical (unpaired) electrons. The van der Waals surface area contributed by atoms with E-state index in [-0.39, 0.29) is 12.3 Å². The Morgan fingerprint density at radius 1 is 1.47 bits per heavy atom. The molecule has 0 aromatic heterocycles. The van der Waals surface area contributed by atoms with E-state index < -0.39 is 10.9 Å². The fraction of sp³-hybridized carbons (Fsp3) is 0.154. The lowest BCUT2D eigenvalue weighted by Crippen LogP contribution is -2.05. The Labute approximate surface area is 118 Å². The molecule has 0 amide bonds. The van der Waals surface area contributed by atoms with E-state index in [0.717, 1.165) is 5.56 Å². The second-order valence-corrected chi connectivity index (χ2v) is 4.81. The zero-order valence-electron chi connectivity index (χ0n) is 10.3. The summed E-state index contributed by atoms with van der Waals surface area (Å²) in [5.41, 5.74) is 1.13. The molecule has 0 unspecified atom stereocenters. The van der Waals surface area contributed by atoms with Gasteiger partial charge in [0.25, 0.3) is 5.69 Å². The molecule has 0 bridgehead atoms. The highest BCUT2D eigenvalue weighted by molar-refractivity contribution is 9.11. The van der Waals surface area contributed by atoms with Crippen LogP contribution in [0.3, 0.4) is 0 Å². The van der Waals surface area contributed by atoms with Gasteiger partial charge in [-0.05, 0) is 30.7 Å². The molecule has 1 aromatic carbocycles. The molecule has 1 rings (SSSR count). The predicted molar refractivity (Wildman–Crippen MR) is 75.8 cm³/mol. The first-order valence-corrected chi connectivity index (χ1v) is 6.12. The van der Waals surface area contributed by atoms with Crippen LogP contribution >= 0.6 is 15.9 Å². The van der Waals surface area contributed by atoms with Crippen molar-refractivity contribution in [2.75, 3.05) is 6.61 Å². The van der Waals surface area contributed by atoms with Gasteiger partial charge in [-0.1, -0.05) is 22.5 Å². The molecule has 0 spiro atoms. The maximum atomic E-state index is 11.2. The summed E-state index contributed by atoms with van der Waals surface area (Å²) in [4.78, 5) is 21.2. The number of halogens is 1. The molecule has 0 fully saturated rings. The summed E-state index contributed by atoms with van der Waals surface area (Å²) in [5.74, 6) is -0.464. The molecular weight excluding hydrogens is 314 g/mol. The molecule has 19 heavy (non-hydrogen) atoms. The minimum atomic E-state index is -0.464. The predicted octanol–water partition coefficient (Wildman–Crippen LogP) is 3.45. The van der Waals surface area contributed by atoms with Crippen LogP contribution in [-0.2, 0) is 9.53 Å². The first-order chi connectivity index (χ1) is 8.90. The van der Waals surface area contributed by atoms with Crippen LogP contribution in [0.2, 0.25) is 0 Å². The van der Waals surface area contributed by atoms with E-state index in [4.69, 9.17) is 4.74 Å². The van der Waals surface area contributed by atoms with Gasteiger partial charge in [0.2, 0.25) is 0 Å². The zero-order valence-corrected chi connectivity index (χ0v) is 11.8. The first-order valence-electron chi connectivity index (χ1n) is 5.33. The minimum absolute atomic E-state index is 0.0296. The number of hydrogen-bond donors (Lipinski definition) is 0. The average Bonchev–Trinajstić information content (AvgIpc) is 2.36. The third kappa shape index (κ3) is 5.05. The first kappa shape index (κ1) is 15.1. The number of rotatable bonds is 5. The zero-order chi connectivity index (χ0) is 14.4. The van der Waals surface area contributed by atoms with Crippen molar-refractivity contribution in [3.05, 3.63) is 56.6 Å². The van der Waals surface area contributed by atoms with Gasteiger partial charge in [0, 0.05) is 22.2 Å². The van der Waals surface area contributed by atoms with E-state index in [9.17, 15) is 14.9 Å². The summed E-state index contributed by atoms with van der Waals surface area (Å²) >= 11 is 3.26. The number of hydrogen-bond acceptors (Lipinski definition) is 4. The van der Waals surface area contributed by atoms with Crippen LogP contribution in [0.25, 0.3) is 6.08 Å². The van der Waals surface area contributed by atoms with Crippen LogP contribution in [0.1, 0.15) is 12.5 Å². The van der Waals surface area contributed by atoms with Crippen LogP contribution in [0.15, 0.2) is 40.9 Å². The highest BCUT2D eigenvalue weighted by Gasteiger charge is 2.05. The van der Waals surface area contributed by atoms with Crippen molar-refractivity contribution in [3.63, 3.8) is 0 Å². The largest absolute Gasteiger partial charge is 0.457 e. The van der Waals surface area contributed by atoms with Crippen LogP contribution < -0.4 is 0 Å². The maximum Gasteiger partial charge on any atom is 0.333 e. The highest BCUT2D eigenvalue weighted by atomic mass is 79.9. The molecule has 0 saturated heterocycles. The average molecular weight is 326 g/mol. The van der Waals surface area contributed by atoms with E-state index in [1.54, 1.807) is 25.1 Å². The third-order valence-corrected chi connectivity index (χ3v) is 2.57. The third-order valence-electron chi connectivity index (χ3n) is 2.12. The Kier molecular flexibility index (Phi) is 5.44. The topological polar surface area (TPSA) is 69.4 Å². The summed E-state index contributed by atoms with van der Waals surface area (Å²) in [6, 6.07) is 6.04. The lowest BCUT2D eigenvalue weighted by molar-refractivity contribution is -0.384. The van der Waals surface area contributed by atoms with E-state index in [1.165, 1.54) is 12.1 Å². The van der Waals surface area contributed by atoms with Crippen LogP contribution in [0.4, 0.5) is 5.69 Å². The van der Waals surface area contributed by atoms with Crippen molar-refractivity contribution in [1.29, 1.82) is 0 Å². The van der Waals surface area contributed by atoms with E-state index in [1.807, 2.05) is 0 Å². The van der Waals surface area contributed by atoms with Crippen molar-refractivity contribution >= 4 is 33.7 Å². The number of benzene rings is 1. The SMILES string of the molecule is C=C(C)C(=O)OCC(Br)=Cc1ccc([N+](=O)[O-])cc1. The van der Waals surface area contributed by atoms with Gasteiger partial charge in [0.1, 0.15) is 6.61 Å². The normalized spacial score (nSPS) is 10.9. The molecule has 5 nitrogen and oxygen atoms in total. The lowest BCUT2D eigenvalue weighted by Gasteiger charge is -2.03. The van der Waals surface area contributed by atoms with Crippen LogP contribution in [0.5, 0.6) is 0 Å². The Bertz CT molecular complexity index is 534. The Morgan fingerprint density at radius 2 is 2.05 bits per heavy atom. The smallest absolute Gasteiger partial charge is 0.333 e. The van der Waals surface area contributed by atoms with Gasteiger partial charge in [-0.15, -0.1) is 0 Å². The number of nitro groups is 1. The molecule has 0 N–H and O–H groups in total. The van der Waals surface area contributed by atoms with Gasteiger partial charge < -0.3 is 4.74 Å². The number of carbonyl (C=O) groups is 1. The van der Waals surface area contributed by atoms with Crippen molar-refractivity contribution in [2.24, 2.45) is 0 Å². The van der Waals surface area contributed by atoms with Crippen LogP contribution in [0, 0.1) is 10.1 Å². The van der Waals surface area contributed by atoms with Crippen molar-refractivity contribution in [2.45, 2.75) is 6.92 Å². The summed E-state index contributed by atoms with van der Waals surface area (Å²) in [6.45, 7) is 5.12. The summed E-state index contributed by atoms with van der Waals surface area (Å²) in [7, 11) is 0. The molecule has 0 saturated carbocycles. The summed E-state index contributed by atoms with van der Waals surface area (Å²) in [5, 5.41) is 10.5. The van der Waals surface area contributed by atoms with Crippen LogP contribution in [-0.4, -0.2) is 17.5 Å². The van der Waals surface area contributed by atoms with E-state index >= 15 is 0 Å². The quantitative estimate of drug-likeness (QED) is 0.360. The van der Waals surface area contributed by atoms with E-state index in [0.29, 0.717) is 10.1 Å². The fourth-order valence-electron chi connectivity index (χ4n) is 1.17. The Balaban J connectivity index is 2.66. The Morgan fingerprint density at radius 3 is 2.53 bits per heavy atom. The number of non-ortho nitro benzene ring substituents is 1. The highest BCUT2D eigenvalue weighted by Crippen LogP contribution is 2.17. The maximum absolute atomic E-state index is 11.2. The molecule has 0 aliphatic heterocycles. The van der Waals surface area contributed by atoms with Gasteiger partial charge in [-0.2, -0.15) is 0 Å². The van der Waals surface area contributed by atoms with Gasteiger partial charge >= 0.3 is 5.97 Å². The van der Waals surface area contributed by atoms with Crippen molar-refractivity contribution < 1.29 is 14.5 Å². The molecule has 0 aliphatic rings. The van der Waals surface area contributed by atoms with Crippen molar-refractivity contribution in [3.8, 4) is 0 Å².